The summed E-state index contributed by atoms with van der Waals surface area (Å²) in [6.45, 7) is 4.18. The minimum absolute atomic E-state index is 0.205. The topological polar surface area (TPSA) is 139 Å². The second-order valence-electron chi connectivity index (χ2n) is 8.05. The number of hydrogen-bond donors (Lipinski definition) is 1. The van der Waals surface area contributed by atoms with Gasteiger partial charge in [-0.25, -0.2) is 18.2 Å². The second kappa shape index (κ2) is 11.3. The van der Waals surface area contributed by atoms with E-state index in [2.05, 4.69) is 15.8 Å². The Hall–Kier alpha value is -3.49. The number of piperidine rings is 1. The van der Waals surface area contributed by atoms with Crippen LogP contribution in [0.2, 0.25) is 0 Å². The minimum atomic E-state index is -3.95. The first-order valence-electron chi connectivity index (χ1n) is 11.2. The van der Waals surface area contributed by atoms with Gasteiger partial charge in [0.25, 0.3) is 5.91 Å². The number of methoxy groups -OCH3 is 1. The molecule has 1 aromatic heterocycles. The number of ether oxygens (including phenoxy) is 2. The van der Waals surface area contributed by atoms with Gasteiger partial charge in [-0.2, -0.15) is 5.26 Å². The van der Waals surface area contributed by atoms with Crippen molar-refractivity contribution in [1.29, 1.82) is 5.26 Å². The van der Waals surface area contributed by atoms with Crippen molar-refractivity contribution in [2.75, 3.05) is 31.7 Å². The van der Waals surface area contributed by atoms with Gasteiger partial charge in [0.2, 0.25) is 10.0 Å². The van der Waals surface area contributed by atoms with Crippen molar-refractivity contribution in [3.8, 4) is 6.07 Å². The highest BCUT2D eigenvalue weighted by Crippen LogP contribution is 2.27. The molecule has 1 aliphatic rings. The number of aromatic nitrogens is 1. The van der Waals surface area contributed by atoms with E-state index in [4.69, 9.17) is 9.47 Å². The molecule has 1 amide bonds. The number of aryl methyl sites for hydroxylation is 1. The van der Waals surface area contributed by atoms with Gasteiger partial charge >= 0.3 is 5.97 Å². The summed E-state index contributed by atoms with van der Waals surface area (Å²) in [5.74, 6) is -0.910. The number of carbonyl (C=O) groups excluding carboxylic acids is 2. The summed E-state index contributed by atoms with van der Waals surface area (Å²) in [7, 11) is -2.61. The monoisotopic (exact) mass is 500 g/mol. The van der Waals surface area contributed by atoms with Crippen molar-refractivity contribution in [2.45, 2.75) is 38.0 Å². The molecular formula is C24H28N4O6S. The maximum Gasteiger partial charge on any atom is 0.340 e. The number of nitrogens with zero attached hydrogens (tertiary/aromatic N) is 3. The fraction of sp³-hybridized carbons (Fsp3) is 0.417. The van der Waals surface area contributed by atoms with E-state index in [1.54, 1.807) is 44.2 Å². The summed E-state index contributed by atoms with van der Waals surface area (Å²) in [6, 6.07) is 12.2. The van der Waals surface area contributed by atoms with Crippen LogP contribution in [-0.2, 0) is 24.3 Å². The van der Waals surface area contributed by atoms with E-state index in [0.29, 0.717) is 30.2 Å². The first-order valence-corrected chi connectivity index (χ1v) is 12.7. The molecule has 0 bridgehead atoms. The number of hydrogen-bond acceptors (Lipinski definition) is 9. The Morgan fingerprint density at radius 3 is 2.49 bits per heavy atom. The smallest absolute Gasteiger partial charge is 0.340 e. The Labute approximate surface area is 204 Å². The van der Waals surface area contributed by atoms with Crippen LogP contribution in [0.15, 0.2) is 36.4 Å². The second-order valence-corrected chi connectivity index (χ2v) is 10.0. The van der Waals surface area contributed by atoms with Gasteiger partial charge < -0.3 is 14.4 Å². The molecule has 10 nitrogen and oxygen atoms in total. The molecule has 0 saturated carbocycles. The van der Waals surface area contributed by atoms with Crippen molar-refractivity contribution in [1.82, 2.24) is 9.71 Å². The Bertz CT molecular complexity index is 1220. The summed E-state index contributed by atoms with van der Waals surface area (Å²) in [4.78, 5) is 31.0. The standard InChI is InChI=1S/C24H28N4O6S/c1-4-34-24(30)20-14-18(15-25)22(26-16(20)2)28-12-10-19(11-13-28)35(31,32)27-23(29)21(33-3)17-8-6-5-7-9-17/h5-9,14,19,21H,4,10-13H2,1-3H3,(H,27,29). The van der Waals surface area contributed by atoms with E-state index in [9.17, 15) is 23.3 Å². The average Bonchev–Trinajstić information content (AvgIpc) is 2.85. The van der Waals surface area contributed by atoms with Gasteiger partial charge in [-0.3, -0.25) is 9.52 Å². The number of esters is 1. The van der Waals surface area contributed by atoms with E-state index in [0.717, 1.165) is 0 Å². The molecule has 1 fully saturated rings. The molecule has 1 N–H and O–H groups in total. The molecule has 1 saturated heterocycles. The molecule has 11 heteroatoms. The van der Waals surface area contributed by atoms with Crippen LogP contribution in [0.4, 0.5) is 5.82 Å². The van der Waals surface area contributed by atoms with Crippen molar-refractivity contribution in [3.05, 3.63) is 58.8 Å². The maximum absolute atomic E-state index is 12.9. The predicted octanol–water partition coefficient (Wildman–Crippen LogP) is 2.24. The van der Waals surface area contributed by atoms with Crippen molar-refractivity contribution < 1.29 is 27.5 Å². The average molecular weight is 501 g/mol. The van der Waals surface area contributed by atoms with Crippen LogP contribution in [0.5, 0.6) is 0 Å². The van der Waals surface area contributed by atoms with Gasteiger partial charge in [-0.05, 0) is 38.3 Å². The quantitative estimate of drug-likeness (QED) is 0.541. The van der Waals surface area contributed by atoms with Crippen molar-refractivity contribution >= 4 is 27.7 Å². The maximum atomic E-state index is 12.9. The Morgan fingerprint density at radius 1 is 1.26 bits per heavy atom. The predicted molar refractivity (Wildman–Crippen MR) is 128 cm³/mol. The third kappa shape index (κ3) is 5.96. The number of amides is 1. The van der Waals surface area contributed by atoms with Crippen molar-refractivity contribution in [3.63, 3.8) is 0 Å². The van der Waals surface area contributed by atoms with E-state index >= 15 is 0 Å². The molecule has 35 heavy (non-hydrogen) atoms. The van der Waals surface area contributed by atoms with Crippen LogP contribution >= 0.6 is 0 Å². The Kier molecular flexibility index (Phi) is 8.43. The van der Waals surface area contributed by atoms with Crippen LogP contribution in [0, 0.1) is 18.3 Å². The van der Waals surface area contributed by atoms with Crippen LogP contribution in [0.25, 0.3) is 0 Å². The summed E-state index contributed by atoms with van der Waals surface area (Å²) in [5, 5.41) is 8.81. The summed E-state index contributed by atoms with van der Waals surface area (Å²) < 4.78 is 38.3. The highest BCUT2D eigenvalue weighted by Gasteiger charge is 2.34. The lowest BCUT2D eigenvalue weighted by atomic mass is 10.1. The molecule has 1 unspecified atom stereocenters. The number of rotatable bonds is 8. The van der Waals surface area contributed by atoms with Gasteiger partial charge in [0.05, 0.1) is 28.7 Å². The first-order chi connectivity index (χ1) is 16.7. The molecule has 1 aromatic carbocycles. The molecule has 0 radical (unpaired) electrons. The van der Waals surface area contributed by atoms with Gasteiger partial charge in [0.1, 0.15) is 11.9 Å². The number of anilines is 1. The van der Waals surface area contributed by atoms with E-state index < -0.39 is 33.3 Å². The highest BCUT2D eigenvalue weighted by molar-refractivity contribution is 7.90. The first kappa shape index (κ1) is 26.1. The zero-order valence-corrected chi connectivity index (χ0v) is 20.7. The largest absolute Gasteiger partial charge is 0.462 e. The minimum Gasteiger partial charge on any atom is -0.462 e. The van der Waals surface area contributed by atoms with Gasteiger partial charge in [0, 0.05) is 20.2 Å². The molecule has 1 atom stereocenters. The zero-order chi connectivity index (χ0) is 25.6. The lowest BCUT2D eigenvalue weighted by Gasteiger charge is -2.33. The number of benzene rings is 1. The van der Waals surface area contributed by atoms with E-state index in [1.807, 2.05) is 4.90 Å². The van der Waals surface area contributed by atoms with Crippen LogP contribution in [0.3, 0.4) is 0 Å². The molecular weight excluding hydrogens is 472 g/mol. The lowest BCUT2D eigenvalue weighted by molar-refractivity contribution is -0.129. The molecule has 0 spiro atoms. The lowest BCUT2D eigenvalue weighted by Crippen LogP contribution is -2.46. The number of sulfonamides is 1. The third-order valence-electron chi connectivity index (χ3n) is 5.81. The number of pyridine rings is 1. The molecule has 0 aliphatic carbocycles. The van der Waals surface area contributed by atoms with Gasteiger partial charge in [-0.1, -0.05) is 30.3 Å². The SMILES string of the molecule is CCOC(=O)c1cc(C#N)c(N2CCC(S(=O)(=O)NC(=O)C(OC)c3ccccc3)CC2)nc1C. The number of nitriles is 1. The molecule has 3 rings (SSSR count). The summed E-state index contributed by atoms with van der Waals surface area (Å²) in [5.41, 5.74) is 1.40. The number of nitrogens with one attached hydrogen (secondary N) is 1. The summed E-state index contributed by atoms with van der Waals surface area (Å²) in [6.07, 6.45) is -0.581. The highest BCUT2D eigenvalue weighted by atomic mass is 32.2. The van der Waals surface area contributed by atoms with Crippen LogP contribution < -0.4 is 9.62 Å². The third-order valence-corrected chi connectivity index (χ3v) is 7.64. The van der Waals surface area contributed by atoms with Crippen LogP contribution in [-0.4, -0.2) is 57.3 Å². The molecule has 186 valence electrons. The van der Waals surface area contributed by atoms with Gasteiger partial charge in [0.15, 0.2) is 6.10 Å². The molecule has 2 heterocycles. The molecule has 1 aliphatic heterocycles. The Balaban J connectivity index is 1.70. The van der Waals surface area contributed by atoms with Crippen LogP contribution in [0.1, 0.15) is 53.0 Å². The zero-order valence-electron chi connectivity index (χ0n) is 19.9. The molecule has 2 aromatic rings. The van der Waals surface area contributed by atoms with E-state index in [-0.39, 0.29) is 30.6 Å². The fourth-order valence-corrected chi connectivity index (χ4v) is 5.39. The van der Waals surface area contributed by atoms with Gasteiger partial charge in [-0.15, -0.1) is 0 Å². The van der Waals surface area contributed by atoms with E-state index in [1.165, 1.54) is 13.2 Å². The fourth-order valence-electron chi connectivity index (χ4n) is 4.01. The summed E-state index contributed by atoms with van der Waals surface area (Å²) >= 11 is 0. The Morgan fingerprint density at radius 2 is 1.91 bits per heavy atom. The normalized spacial score (nSPS) is 15.2. The van der Waals surface area contributed by atoms with Crippen molar-refractivity contribution in [2.24, 2.45) is 0 Å². The number of carbonyl (C=O) groups is 2.